The highest BCUT2D eigenvalue weighted by atomic mass is 32.2. The number of amides is 1. The highest BCUT2D eigenvalue weighted by Crippen LogP contribution is 2.36. The van der Waals surface area contributed by atoms with Gasteiger partial charge in [-0.05, 0) is 43.5 Å². The van der Waals surface area contributed by atoms with Gasteiger partial charge < -0.3 is 9.42 Å². The third kappa shape index (κ3) is 4.06. The summed E-state index contributed by atoms with van der Waals surface area (Å²) in [5.41, 5.74) is -0.138. The third-order valence-corrected chi connectivity index (χ3v) is 7.33. The maximum absolute atomic E-state index is 13.2. The van der Waals surface area contributed by atoms with Gasteiger partial charge in [0, 0.05) is 25.6 Å². The van der Waals surface area contributed by atoms with Crippen molar-refractivity contribution in [2.24, 2.45) is 0 Å². The van der Waals surface area contributed by atoms with Gasteiger partial charge in [-0.15, -0.1) is 0 Å². The van der Waals surface area contributed by atoms with Gasteiger partial charge in [-0.1, -0.05) is 30.8 Å². The molecule has 1 aromatic heterocycles. The van der Waals surface area contributed by atoms with Crippen LogP contribution < -0.4 is 9.62 Å². The Hall–Kier alpha value is -2.26. The van der Waals surface area contributed by atoms with Crippen molar-refractivity contribution in [3.63, 3.8) is 0 Å². The number of rotatable bonds is 5. The van der Waals surface area contributed by atoms with E-state index in [2.05, 4.69) is 14.9 Å². The molecular formula is C20H26N4O4S. The summed E-state index contributed by atoms with van der Waals surface area (Å²) < 4.78 is 34.5. The molecule has 29 heavy (non-hydrogen) atoms. The second-order valence-corrected chi connectivity index (χ2v) is 9.56. The van der Waals surface area contributed by atoms with Gasteiger partial charge in [-0.25, -0.2) is 8.42 Å². The van der Waals surface area contributed by atoms with E-state index in [1.807, 2.05) is 0 Å². The van der Waals surface area contributed by atoms with Gasteiger partial charge in [0.25, 0.3) is 0 Å². The average molecular weight is 419 g/mol. The molecule has 0 atom stereocenters. The number of carbonyl (C=O) groups is 1. The number of aromatic nitrogens is 2. The lowest BCUT2D eigenvalue weighted by Gasteiger charge is -2.30. The van der Waals surface area contributed by atoms with Gasteiger partial charge in [0.15, 0.2) is 5.82 Å². The van der Waals surface area contributed by atoms with Crippen LogP contribution >= 0.6 is 0 Å². The second-order valence-electron chi connectivity index (χ2n) is 7.88. The van der Waals surface area contributed by atoms with Gasteiger partial charge in [0.2, 0.25) is 21.8 Å². The van der Waals surface area contributed by atoms with Crippen LogP contribution in [0.3, 0.4) is 0 Å². The SMILES string of the molecule is Cc1nc(C2(NS(=O)(=O)c3ccc(N4CCCC4=O)cc3)CCCCCC2)no1. The first-order chi connectivity index (χ1) is 13.9. The Balaban J connectivity index is 1.62. The first-order valence-electron chi connectivity index (χ1n) is 10.1. The minimum absolute atomic E-state index is 0.0728. The maximum atomic E-state index is 13.2. The Morgan fingerprint density at radius 3 is 2.31 bits per heavy atom. The van der Waals surface area contributed by atoms with E-state index < -0.39 is 15.6 Å². The summed E-state index contributed by atoms with van der Waals surface area (Å²) in [7, 11) is -3.80. The molecule has 1 aliphatic heterocycles. The highest BCUT2D eigenvalue weighted by molar-refractivity contribution is 7.89. The fraction of sp³-hybridized carbons (Fsp3) is 0.550. The zero-order chi connectivity index (χ0) is 20.5. The summed E-state index contributed by atoms with van der Waals surface area (Å²) in [6, 6.07) is 6.48. The first-order valence-corrected chi connectivity index (χ1v) is 11.6. The summed E-state index contributed by atoms with van der Waals surface area (Å²) >= 11 is 0. The topological polar surface area (TPSA) is 105 Å². The van der Waals surface area contributed by atoms with Crippen LogP contribution in [0.25, 0.3) is 0 Å². The summed E-state index contributed by atoms with van der Waals surface area (Å²) in [6.45, 7) is 2.37. The summed E-state index contributed by atoms with van der Waals surface area (Å²) in [5, 5.41) is 4.05. The fourth-order valence-electron chi connectivity index (χ4n) is 4.24. The molecule has 2 aromatic rings. The van der Waals surface area contributed by atoms with Gasteiger partial charge in [0.05, 0.1) is 10.4 Å². The van der Waals surface area contributed by atoms with E-state index in [1.54, 1.807) is 36.1 Å². The smallest absolute Gasteiger partial charge is 0.241 e. The van der Waals surface area contributed by atoms with Crippen LogP contribution in [0, 0.1) is 6.92 Å². The van der Waals surface area contributed by atoms with E-state index in [1.165, 1.54) is 0 Å². The number of aryl methyl sites for hydroxylation is 1. The number of nitrogens with one attached hydrogen (secondary N) is 1. The Kier molecular flexibility index (Phi) is 5.44. The molecule has 1 aromatic carbocycles. The predicted octanol–water partition coefficient (Wildman–Crippen LogP) is 3.03. The summed E-state index contributed by atoms with van der Waals surface area (Å²) in [6.07, 6.45) is 6.52. The van der Waals surface area contributed by atoms with Crippen LogP contribution in [-0.2, 0) is 20.4 Å². The van der Waals surface area contributed by atoms with Gasteiger partial charge in [-0.3, -0.25) is 4.79 Å². The lowest BCUT2D eigenvalue weighted by Crippen LogP contribution is -2.46. The van der Waals surface area contributed by atoms with Crippen LogP contribution in [-0.4, -0.2) is 31.0 Å². The second kappa shape index (κ2) is 7.87. The Morgan fingerprint density at radius 2 is 1.76 bits per heavy atom. The third-order valence-electron chi connectivity index (χ3n) is 5.77. The minimum Gasteiger partial charge on any atom is -0.340 e. The maximum Gasteiger partial charge on any atom is 0.241 e. The minimum atomic E-state index is -3.80. The van der Waals surface area contributed by atoms with Crippen LogP contribution in [0.15, 0.2) is 33.7 Å². The van der Waals surface area contributed by atoms with Crippen LogP contribution in [0.2, 0.25) is 0 Å². The molecule has 1 saturated heterocycles. The number of carbonyl (C=O) groups excluding carboxylic acids is 1. The number of anilines is 1. The van der Waals surface area contributed by atoms with Crippen molar-refractivity contribution in [1.82, 2.24) is 14.9 Å². The van der Waals surface area contributed by atoms with E-state index >= 15 is 0 Å². The van der Waals surface area contributed by atoms with Crippen molar-refractivity contribution in [3.05, 3.63) is 36.0 Å². The molecule has 2 heterocycles. The Bertz CT molecular complexity index is 976. The number of benzene rings is 1. The number of sulfonamides is 1. The lowest BCUT2D eigenvalue weighted by molar-refractivity contribution is -0.117. The number of hydrogen-bond acceptors (Lipinski definition) is 6. The van der Waals surface area contributed by atoms with Crippen LogP contribution in [0.5, 0.6) is 0 Å². The zero-order valence-corrected chi connectivity index (χ0v) is 17.4. The van der Waals surface area contributed by atoms with Crippen molar-refractivity contribution >= 4 is 21.6 Å². The molecular weight excluding hydrogens is 392 g/mol. The monoisotopic (exact) mass is 418 g/mol. The lowest BCUT2D eigenvalue weighted by atomic mass is 9.91. The molecule has 0 spiro atoms. The molecule has 1 saturated carbocycles. The van der Waals surface area contributed by atoms with Crippen LogP contribution in [0.4, 0.5) is 5.69 Å². The molecule has 1 aliphatic carbocycles. The molecule has 8 nitrogen and oxygen atoms in total. The molecule has 0 unspecified atom stereocenters. The molecule has 0 radical (unpaired) electrons. The van der Waals surface area contributed by atoms with E-state index in [0.717, 1.165) is 37.8 Å². The van der Waals surface area contributed by atoms with Crippen LogP contribution in [0.1, 0.15) is 63.1 Å². The van der Waals surface area contributed by atoms with Gasteiger partial charge >= 0.3 is 0 Å². The van der Waals surface area contributed by atoms with Crippen molar-refractivity contribution in [2.75, 3.05) is 11.4 Å². The quantitative estimate of drug-likeness (QED) is 0.748. The fourth-order valence-corrected chi connectivity index (χ4v) is 5.66. The first kappa shape index (κ1) is 20.0. The van der Waals surface area contributed by atoms with E-state index in [4.69, 9.17) is 4.52 Å². The molecule has 4 rings (SSSR count). The molecule has 156 valence electrons. The largest absolute Gasteiger partial charge is 0.340 e. The normalized spacial score (nSPS) is 20.0. The summed E-state index contributed by atoms with van der Waals surface area (Å²) in [5.74, 6) is 0.894. The van der Waals surface area contributed by atoms with Gasteiger partial charge in [-0.2, -0.15) is 9.71 Å². The standard InChI is InChI=1S/C20H26N4O4S/c1-15-21-19(22-28-15)20(12-4-2-3-5-13-20)23-29(26,27)17-10-8-16(9-11-17)24-14-6-7-18(24)25/h8-11,23H,2-7,12-14H2,1H3. The molecule has 0 bridgehead atoms. The van der Waals surface area contributed by atoms with Gasteiger partial charge in [0.1, 0.15) is 0 Å². The van der Waals surface area contributed by atoms with Crippen molar-refractivity contribution in [2.45, 2.75) is 68.7 Å². The van der Waals surface area contributed by atoms with E-state index in [9.17, 15) is 13.2 Å². The number of nitrogens with zero attached hydrogens (tertiary/aromatic N) is 3. The summed E-state index contributed by atoms with van der Waals surface area (Å²) in [4.78, 5) is 18.1. The van der Waals surface area contributed by atoms with E-state index in [0.29, 0.717) is 37.5 Å². The highest BCUT2D eigenvalue weighted by Gasteiger charge is 2.41. The molecule has 2 fully saturated rings. The van der Waals surface area contributed by atoms with Crippen molar-refractivity contribution in [1.29, 1.82) is 0 Å². The van der Waals surface area contributed by atoms with E-state index in [-0.39, 0.29) is 10.8 Å². The Labute approximate surface area is 170 Å². The predicted molar refractivity (Wildman–Crippen MR) is 107 cm³/mol. The Morgan fingerprint density at radius 1 is 1.07 bits per heavy atom. The average Bonchev–Trinajstić information content (AvgIpc) is 3.25. The molecule has 9 heteroatoms. The number of hydrogen-bond donors (Lipinski definition) is 1. The molecule has 1 N–H and O–H groups in total. The zero-order valence-electron chi connectivity index (χ0n) is 16.6. The molecule has 2 aliphatic rings. The van der Waals surface area contributed by atoms with Crippen molar-refractivity contribution in [3.8, 4) is 0 Å². The van der Waals surface area contributed by atoms with Crippen molar-refractivity contribution < 1.29 is 17.7 Å². The molecule has 1 amide bonds.